The van der Waals surface area contributed by atoms with Gasteiger partial charge in [0.1, 0.15) is 0 Å². The van der Waals surface area contributed by atoms with E-state index >= 15 is 0 Å². The van der Waals surface area contributed by atoms with Crippen molar-refractivity contribution in [3.05, 3.63) is 35.8 Å². The topological polar surface area (TPSA) is 121 Å². The molecule has 0 spiro atoms. The predicted molar refractivity (Wildman–Crippen MR) is 56.3 cm³/mol. The Hall–Kier alpha value is -1.80. The third-order valence-corrected chi connectivity index (χ3v) is 2.31. The molecule has 0 heterocycles. The molecule has 0 aliphatic heterocycles. The molecule has 94 valence electrons. The van der Waals surface area contributed by atoms with Crippen LogP contribution in [0, 0.1) is 5.92 Å². The molecule has 1 aliphatic carbocycles. The molecular weight excluding hydrogens is 252 g/mol. The van der Waals surface area contributed by atoms with E-state index in [-0.39, 0.29) is 12.2 Å². The molecule has 1 atom stereocenters. The lowest BCUT2D eigenvalue weighted by Crippen LogP contribution is -2.11. The molecule has 0 aromatic carbocycles. The van der Waals surface area contributed by atoms with Gasteiger partial charge in [0, 0.05) is 18.4 Å². The fourth-order valence-electron chi connectivity index (χ4n) is 1.24. The SMILES string of the molecule is O=C(O)/C=C/C1C=CC(O)=C(OS(=O)(=O)O)C1. The van der Waals surface area contributed by atoms with Crippen LogP contribution >= 0.6 is 0 Å². The maximum Gasteiger partial charge on any atom is 0.446 e. The molecule has 0 fully saturated rings. The Bertz CT molecular complexity index is 497. The highest BCUT2D eigenvalue weighted by Gasteiger charge is 2.20. The second-order valence-electron chi connectivity index (χ2n) is 3.24. The summed E-state index contributed by atoms with van der Waals surface area (Å²) in [4.78, 5) is 10.3. The molecule has 1 aliphatic rings. The smallest absolute Gasteiger partial charge is 0.446 e. The number of hydrogen-bond acceptors (Lipinski definition) is 5. The zero-order valence-electron chi connectivity index (χ0n) is 8.48. The van der Waals surface area contributed by atoms with E-state index in [1.807, 2.05) is 0 Å². The van der Waals surface area contributed by atoms with Gasteiger partial charge in [-0.05, 0) is 6.08 Å². The van der Waals surface area contributed by atoms with Gasteiger partial charge in [-0.15, -0.1) is 0 Å². The first-order chi connectivity index (χ1) is 7.78. The summed E-state index contributed by atoms with van der Waals surface area (Å²) in [6.45, 7) is 0. The van der Waals surface area contributed by atoms with Crippen LogP contribution in [-0.2, 0) is 19.4 Å². The average Bonchev–Trinajstić information content (AvgIpc) is 2.17. The van der Waals surface area contributed by atoms with Crippen molar-refractivity contribution >= 4 is 16.4 Å². The maximum atomic E-state index is 10.5. The predicted octanol–water partition coefficient (Wildman–Crippen LogP) is 0.792. The number of carbonyl (C=O) groups is 1. The molecular formula is C9H10O7S. The summed E-state index contributed by atoms with van der Waals surface area (Å²) >= 11 is 0. The molecule has 0 bridgehead atoms. The molecule has 1 unspecified atom stereocenters. The van der Waals surface area contributed by atoms with Crippen LogP contribution in [0.15, 0.2) is 35.8 Å². The van der Waals surface area contributed by atoms with Crippen LogP contribution in [0.3, 0.4) is 0 Å². The van der Waals surface area contributed by atoms with Crippen LogP contribution in [0.4, 0.5) is 0 Å². The largest absolute Gasteiger partial charge is 0.504 e. The fraction of sp³-hybridized carbons (Fsp3) is 0.222. The second kappa shape index (κ2) is 5.02. The summed E-state index contributed by atoms with van der Waals surface area (Å²) in [5, 5.41) is 17.7. The van der Waals surface area contributed by atoms with E-state index in [4.69, 9.17) is 9.66 Å². The number of allylic oxidation sites excluding steroid dienone is 4. The van der Waals surface area contributed by atoms with Gasteiger partial charge < -0.3 is 14.4 Å². The third kappa shape index (κ3) is 4.70. The van der Waals surface area contributed by atoms with Gasteiger partial charge in [-0.3, -0.25) is 4.55 Å². The van der Waals surface area contributed by atoms with Crippen LogP contribution in [0.5, 0.6) is 0 Å². The van der Waals surface area contributed by atoms with Gasteiger partial charge >= 0.3 is 16.4 Å². The van der Waals surface area contributed by atoms with E-state index in [9.17, 15) is 18.3 Å². The zero-order valence-corrected chi connectivity index (χ0v) is 9.29. The van der Waals surface area contributed by atoms with Crippen LogP contribution in [0.2, 0.25) is 0 Å². The second-order valence-corrected chi connectivity index (χ2v) is 4.27. The number of aliphatic hydroxyl groups is 1. The van der Waals surface area contributed by atoms with E-state index in [1.54, 1.807) is 0 Å². The number of hydrogen-bond donors (Lipinski definition) is 3. The fourth-order valence-corrected chi connectivity index (χ4v) is 1.64. The van der Waals surface area contributed by atoms with Crippen LogP contribution < -0.4 is 0 Å². The van der Waals surface area contributed by atoms with E-state index in [2.05, 4.69) is 4.18 Å². The van der Waals surface area contributed by atoms with Crippen molar-refractivity contribution in [2.75, 3.05) is 0 Å². The normalized spacial score (nSPS) is 20.9. The Morgan fingerprint density at radius 1 is 1.53 bits per heavy atom. The highest BCUT2D eigenvalue weighted by Crippen LogP contribution is 2.25. The summed E-state index contributed by atoms with van der Waals surface area (Å²) in [6, 6.07) is 0. The number of carboxylic acids is 1. The van der Waals surface area contributed by atoms with Crippen LogP contribution in [0.25, 0.3) is 0 Å². The van der Waals surface area contributed by atoms with Gasteiger partial charge in [-0.2, -0.15) is 8.42 Å². The Morgan fingerprint density at radius 2 is 2.18 bits per heavy atom. The van der Waals surface area contributed by atoms with Crippen molar-refractivity contribution in [1.29, 1.82) is 0 Å². The lowest BCUT2D eigenvalue weighted by Gasteiger charge is -2.15. The lowest BCUT2D eigenvalue weighted by atomic mass is 9.98. The van der Waals surface area contributed by atoms with Crippen molar-refractivity contribution in [2.24, 2.45) is 5.92 Å². The number of rotatable bonds is 4. The highest BCUT2D eigenvalue weighted by molar-refractivity contribution is 7.81. The Kier molecular flexibility index (Phi) is 3.92. The van der Waals surface area contributed by atoms with Gasteiger partial charge in [0.05, 0.1) is 0 Å². The van der Waals surface area contributed by atoms with Gasteiger partial charge in [-0.25, -0.2) is 4.79 Å². The molecule has 17 heavy (non-hydrogen) atoms. The molecule has 0 radical (unpaired) electrons. The highest BCUT2D eigenvalue weighted by atomic mass is 32.3. The Morgan fingerprint density at radius 3 is 2.71 bits per heavy atom. The minimum absolute atomic E-state index is 0.0636. The van der Waals surface area contributed by atoms with E-state index in [1.165, 1.54) is 18.2 Å². The monoisotopic (exact) mass is 262 g/mol. The molecule has 0 saturated carbocycles. The molecule has 0 amide bonds. The van der Waals surface area contributed by atoms with Crippen molar-refractivity contribution < 1.29 is 32.2 Å². The molecule has 0 saturated heterocycles. The van der Waals surface area contributed by atoms with Crippen LogP contribution in [-0.4, -0.2) is 29.2 Å². The average molecular weight is 262 g/mol. The van der Waals surface area contributed by atoms with Gasteiger partial charge in [0.15, 0.2) is 11.5 Å². The quantitative estimate of drug-likeness (QED) is 0.505. The minimum Gasteiger partial charge on any atom is -0.504 e. The number of aliphatic carboxylic acids is 1. The molecule has 0 aromatic rings. The zero-order chi connectivity index (χ0) is 13.1. The van der Waals surface area contributed by atoms with Crippen molar-refractivity contribution in [1.82, 2.24) is 0 Å². The van der Waals surface area contributed by atoms with Gasteiger partial charge in [0.2, 0.25) is 0 Å². The molecule has 3 N–H and O–H groups in total. The van der Waals surface area contributed by atoms with Crippen molar-refractivity contribution in [3.63, 3.8) is 0 Å². The lowest BCUT2D eigenvalue weighted by molar-refractivity contribution is -0.131. The first-order valence-electron chi connectivity index (χ1n) is 4.46. The first-order valence-corrected chi connectivity index (χ1v) is 5.83. The summed E-state index contributed by atoms with van der Waals surface area (Å²) in [5.74, 6) is -2.34. The molecule has 0 aromatic heterocycles. The van der Waals surface area contributed by atoms with E-state index in [0.717, 1.165) is 6.08 Å². The minimum atomic E-state index is -4.70. The summed E-state index contributed by atoms with van der Waals surface area (Å²) in [5.41, 5.74) is 0. The van der Waals surface area contributed by atoms with E-state index in [0.29, 0.717) is 0 Å². The molecule has 7 nitrogen and oxygen atoms in total. The standard InChI is InChI=1S/C9H10O7S/c10-7-3-1-6(2-4-9(11)12)5-8(7)16-17(13,14)15/h1-4,6,10H,5H2,(H,11,12)(H,13,14,15)/b4-2+. The van der Waals surface area contributed by atoms with Crippen molar-refractivity contribution in [3.8, 4) is 0 Å². The molecule has 1 rings (SSSR count). The number of aliphatic hydroxyl groups excluding tert-OH is 1. The summed E-state index contributed by atoms with van der Waals surface area (Å²) in [6.07, 6.45) is 4.78. The Balaban J connectivity index is 2.79. The van der Waals surface area contributed by atoms with E-state index < -0.39 is 28.0 Å². The van der Waals surface area contributed by atoms with Gasteiger partial charge in [0.25, 0.3) is 0 Å². The van der Waals surface area contributed by atoms with Crippen molar-refractivity contribution in [2.45, 2.75) is 6.42 Å². The summed E-state index contributed by atoms with van der Waals surface area (Å²) in [7, 11) is -4.70. The third-order valence-electron chi connectivity index (χ3n) is 1.90. The maximum absolute atomic E-state index is 10.5. The first kappa shape index (κ1) is 13.3. The van der Waals surface area contributed by atoms with Gasteiger partial charge in [-0.1, -0.05) is 12.2 Å². The Labute approximate surface area is 97.3 Å². The number of carboxylic acid groups (broad SMARTS) is 1. The molecule has 8 heteroatoms. The van der Waals surface area contributed by atoms with Crippen LogP contribution in [0.1, 0.15) is 6.42 Å². The summed E-state index contributed by atoms with van der Waals surface area (Å²) < 4.78 is 33.6.